The second-order valence-corrected chi connectivity index (χ2v) is 5.98. The van der Waals surface area contributed by atoms with Crippen LogP contribution in [-0.4, -0.2) is 17.6 Å². The van der Waals surface area contributed by atoms with E-state index in [4.69, 9.17) is 16.3 Å². The van der Waals surface area contributed by atoms with E-state index in [1.165, 1.54) is 18.4 Å². The number of aromatic nitrogens is 1. The average molecular weight is 323 g/mol. The Balaban J connectivity index is 2.48. The number of thiazole rings is 1. The minimum atomic E-state index is -0.381. The van der Waals surface area contributed by atoms with Crippen molar-refractivity contribution in [1.82, 2.24) is 4.57 Å². The van der Waals surface area contributed by atoms with Crippen LogP contribution in [0.5, 0.6) is 5.75 Å². The third-order valence-electron chi connectivity index (χ3n) is 2.75. The number of ether oxygens (including phenoxy) is 1. The number of carbonyl (C=O) groups excluding carboxylic acids is 1. The fourth-order valence-corrected chi connectivity index (χ4v) is 2.87. The molecule has 4 nitrogen and oxygen atoms in total. The summed E-state index contributed by atoms with van der Waals surface area (Å²) in [5.41, 5.74) is 0.348. The minimum Gasteiger partial charge on any atom is -0.496 e. The SMILES string of the molecule is C=CCn1cc(C)s/c1=N\C(=O)c1cc(Cl)ccc1OC. The van der Waals surface area contributed by atoms with Crippen LogP contribution in [0.15, 0.2) is 42.0 Å². The monoisotopic (exact) mass is 322 g/mol. The van der Waals surface area contributed by atoms with Gasteiger partial charge in [-0.2, -0.15) is 4.99 Å². The number of rotatable bonds is 4. The fraction of sp³-hybridized carbons (Fsp3) is 0.200. The van der Waals surface area contributed by atoms with Crippen molar-refractivity contribution in [2.75, 3.05) is 7.11 Å². The number of halogens is 1. The highest BCUT2D eigenvalue weighted by Gasteiger charge is 2.12. The van der Waals surface area contributed by atoms with Crippen LogP contribution in [0.25, 0.3) is 0 Å². The van der Waals surface area contributed by atoms with Crippen LogP contribution in [0, 0.1) is 6.92 Å². The van der Waals surface area contributed by atoms with Crippen molar-refractivity contribution in [1.29, 1.82) is 0 Å². The first-order chi connectivity index (χ1) is 10.0. The van der Waals surface area contributed by atoms with Gasteiger partial charge >= 0.3 is 0 Å². The normalized spacial score (nSPS) is 11.5. The Morgan fingerprint density at radius 2 is 2.33 bits per heavy atom. The van der Waals surface area contributed by atoms with Crippen molar-refractivity contribution in [3.05, 3.63) is 57.3 Å². The van der Waals surface area contributed by atoms with Gasteiger partial charge in [-0.05, 0) is 25.1 Å². The Labute approximate surface area is 132 Å². The Bertz CT molecular complexity index is 746. The van der Waals surface area contributed by atoms with Gasteiger partial charge in [0.25, 0.3) is 5.91 Å². The first-order valence-electron chi connectivity index (χ1n) is 6.25. The molecule has 0 unspecified atom stereocenters. The number of amides is 1. The molecule has 0 aliphatic heterocycles. The van der Waals surface area contributed by atoms with Gasteiger partial charge in [0.2, 0.25) is 0 Å². The second-order valence-electron chi connectivity index (χ2n) is 4.33. The Morgan fingerprint density at radius 3 is 3.00 bits per heavy atom. The Kier molecular flexibility index (Phi) is 4.98. The molecule has 0 N–H and O–H groups in total. The number of nitrogens with zero attached hydrogens (tertiary/aromatic N) is 2. The lowest BCUT2D eigenvalue weighted by atomic mass is 10.2. The predicted molar refractivity (Wildman–Crippen MR) is 85.1 cm³/mol. The molecule has 0 bridgehead atoms. The number of hydrogen-bond donors (Lipinski definition) is 0. The van der Waals surface area contributed by atoms with Crippen LogP contribution in [0.1, 0.15) is 15.2 Å². The zero-order valence-electron chi connectivity index (χ0n) is 11.8. The predicted octanol–water partition coefficient (Wildman–Crippen LogP) is 3.45. The highest BCUT2D eigenvalue weighted by atomic mass is 35.5. The molecule has 1 aromatic carbocycles. The van der Waals surface area contributed by atoms with Crippen LogP contribution >= 0.6 is 22.9 Å². The van der Waals surface area contributed by atoms with Gasteiger partial charge in [0.1, 0.15) is 5.75 Å². The molecule has 1 heterocycles. The van der Waals surface area contributed by atoms with Gasteiger partial charge in [0, 0.05) is 22.6 Å². The van der Waals surface area contributed by atoms with Gasteiger partial charge in [-0.25, -0.2) is 0 Å². The van der Waals surface area contributed by atoms with E-state index < -0.39 is 0 Å². The molecule has 0 atom stereocenters. The zero-order valence-corrected chi connectivity index (χ0v) is 13.4. The van der Waals surface area contributed by atoms with Gasteiger partial charge in [-0.3, -0.25) is 4.79 Å². The summed E-state index contributed by atoms with van der Waals surface area (Å²) in [6.07, 6.45) is 3.70. The highest BCUT2D eigenvalue weighted by Crippen LogP contribution is 2.23. The molecule has 0 radical (unpaired) electrons. The zero-order chi connectivity index (χ0) is 15.4. The summed E-state index contributed by atoms with van der Waals surface area (Å²) in [5, 5.41) is 0.468. The molecule has 1 amide bonds. The van der Waals surface area contributed by atoms with Crippen molar-refractivity contribution in [3.8, 4) is 5.75 Å². The molecule has 0 aliphatic carbocycles. The molecule has 0 spiro atoms. The molecule has 0 fully saturated rings. The molecule has 2 rings (SSSR count). The van der Waals surface area contributed by atoms with E-state index in [0.29, 0.717) is 27.7 Å². The van der Waals surface area contributed by atoms with E-state index in [1.807, 2.05) is 17.7 Å². The van der Waals surface area contributed by atoms with E-state index in [0.717, 1.165) is 4.88 Å². The van der Waals surface area contributed by atoms with Crippen LogP contribution < -0.4 is 9.54 Å². The van der Waals surface area contributed by atoms with Crippen molar-refractivity contribution in [2.24, 2.45) is 4.99 Å². The van der Waals surface area contributed by atoms with E-state index >= 15 is 0 Å². The fourth-order valence-electron chi connectivity index (χ4n) is 1.86. The van der Waals surface area contributed by atoms with E-state index in [2.05, 4.69) is 11.6 Å². The summed E-state index contributed by atoms with van der Waals surface area (Å²) in [6, 6.07) is 4.89. The summed E-state index contributed by atoms with van der Waals surface area (Å²) in [5.74, 6) is 0.0747. The number of benzene rings is 1. The summed E-state index contributed by atoms with van der Waals surface area (Å²) in [4.78, 5) is 18.2. The lowest BCUT2D eigenvalue weighted by molar-refractivity contribution is 0.0995. The third-order valence-corrected chi connectivity index (χ3v) is 3.92. The molecule has 0 saturated heterocycles. The van der Waals surface area contributed by atoms with Crippen molar-refractivity contribution < 1.29 is 9.53 Å². The topological polar surface area (TPSA) is 43.6 Å². The lowest BCUT2D eigenvalue weighted by Crippen LogP contribution is -2.15. The third kappa shape index (κ3) is 3.62. The van der Waals surface area contributed by atoms with Crippen molar-refractivity contribution >= 4 is 28.8 Å². The Hall–Kier alpha value is -1.85. The van der Waals surface area contributed by atoms with E-state index in [-0.39, 0.29) is 5.91 Å². The molecule has 2 aromatic rings. The molecule has 0 saturated carbocycles. The first-order valence-corrected chi connectivity index (χ1v) is 7.45. The summed E-state index contributed by atoms with van der Waals surface area (Å²) in [6.45, 7) is 6.27. The molecule has 21 heavy (non-hydrogen) atoms. The van der Waals surface area contributed by atoms with Crippen LogP contribution in [0.2, 0.25) is 5.02 Å². The maximum atomic E-state index is 12.4. The van der Waals surface area contributed by atoms with Crippen LogP contribution in [-0.2, 0) is 6.54 Å². The van der Waals surface area contributed by atoms with Crippen molar-refractivity contribution in [3.63, 3.8) is 0 Å². The number of allylic oxidation sites excluding steroid dienone is 1. The Morgan fingerprint density at radius 1 is 1.57 bits per heavy atom. The number of hydrogen-bond acceptors (Lipinski definition) is 3. The quantitative estimate of drug-likeness (QED) is 0.809. The summed E-state index contributed by atoms with van der Waals surface area (Å²) >= 11 is 7.39. The largest absolute Gasteiger partial charge is 0.496 e. The van der Waals surface area contributed by atoms with E-state index in [9.17, 15) is 4.79 Å². The average Bonchev–Trinajstić information content (AvgIpc) is 2.79. The molecule has 110 valence electrons. The lowest BCUT2D eigenvalue weighted by Gasteiger charge is -2.05. The standard InChI is InChI=1S/C15H15ClN2O2S/c1-4-7-18-9-10(2)21-15(18)17-14(19)12-8-11(16)5-6-13(12)20-3/h4-6,8-9H,1,7H2,2-3H3/b17-15-. The summed E-state index contributed by atoms with van der Waals surface area (Å²) < 4.78 is 7.06. The molecule has 1 aromatic heterocycles. The molecule has 6 heteroatoms. The molecule has 0 aliphatic rings. The van der Waals surface area contributed by atoms with E-state index in [1.54, 1.807) is 24.3 Å². The maximum absolute atomic E-state index is 12.4. The second kappa shape index (κ2) is 6.74. The van der Waals surface area contributed by atoms with Crippen molar-refractivity contribution in [2.45, 2.75) is 13.5 Å². The maximum Gasteiger partial charge on any atom is 0.283 e. The number of carbonyl (C=O) groups is 1. The van der Waals surface area contributed by atoms with Crippen LogP contribution in [0.4, 0.5) is 0 Å². The van der Waals surface area contributed by atoms with Gasteiger partial charge in [0.15, 0.2) is 4.80 Å². The highest BCUT2D eigenvalue weighted by molar-refractivity contribution is 7.09. The number of methoxy groups -OCH3 is 1. The first kappa shape index (κ1) is 15.5. The van der Waals surface area contributed by atoms with Gasteiger partial charge in [-0.15, -0.1) is 17.9 Å². The molecular formula is C15H15ClN2O2S. The van der Waals surface area contributed by atoms with Gasteiger partial charge in [0.05, 0.1) is 12.7 Å². The number of aryl methyl sites for hydroxylation is 1. The summed E-state index contributed by atoms with van der Waals surface area (Å²) in [7, 11) is 1.51. The van der Waals surface area contributed by atoms with Gasteiger partial charge in [-0.1, -0.05) is 17.7 Å². The molecular weight excluding hydrogens is 308 g/mol. The van der Waals surface area contributed by atoms with Gasteiger partial charge < -0.3 is 9.30 Å². The minimum absolute atomic E-state index is 0.348. The smallest absolute Gasteiger partial charge is 0.283 e. The van der Waals surface area contributed by atoms with Crippen LogP contribution in [0.3, 0.4) is 0 Å².